The van der Waals surface area contributed by atoms with Gasteiger partial charge in [0.15, 0.2) is 5.96 Å². The Morgan fingerprint density at radius 2 is 2.05 bits per heavy atom. The summed E-state index contributed by atoms with van der Waals surface area (Å²) in [7, 11) is 0. The van der Waals surface area contributed by atoms with E-state index in [4.69, 9.17) is 11.1 Å². The first-order valence-corrected chi connectivity index (χ1v) is 6.00. The average molecular weight is 302 g/mol. The predicted octanol–water partition coefficient (Wildman–Crippen LogP) is 1.05. The Morgan fingerprint density at radius 1 is 1.40 bits per heavy atom. The molecule has 0 bridgehead atoms. The van der Waals surface area contributed by atoms with E-state index < -0.39 is 6.04 Å². The number of guanidine groups is 1. The van der Waals surface area contributed by atoms with E-state index in [1.807, 2.05) is 0 Å². The number of amides is 1. The van der Waals surface area contributed by atoms with Gasteiger partial charge in [-0.3, -0.25) is 21.1 Å². The summed E-state index contributed by atoms with van der Waals surface area (Å²) in [6.07, 6.45) is 1.49. The van der Waals surface area contributed by atoms with Crippen molar-refractivity contribution in [2.45, 2.75) is 18.9 Å². The standard InChI is InChI=1S/C12H16FN5O.ClH/c13-8-3-5-9(6-4-8)16-17-11(19)10-2-1-7-18(10)12(14)15;/h3-6,10,16H,1-2,7H2,(H3,14,15)(H,17,19);1H. The molecule has 1 amide bonds. The highest BCUT2D eigenvalue weighted by Crippen LogP contribution is 2.16. The van der Waals surface area contributed by atoms with Gasteiger partial charge < -0.3 is 10.6 Å². The molecule has 8 heteroatoms. The van der Waals surface area contributed by atoms with Gasteiger partial charge in [-0.15, -0.1) is 12.4 Å². The van der Waals surface area contributed by atoms with E-state index in [0.29, 0.717) is 18.7 Å². The summed E-state index contributed by atoms with van der Waals surface area (Å²) in [6, 6.07) is 5.21. The molecule has 2 rings (SSSR count). The number of hydrogen-bond donors (Lipinski definition) is 4. The van der Waals surface area contributed by atoms with Crippen LogP contribution in [0.15, 0.2) is 24.3 Å². The fourth-order valence-electron chi connectivity index (χ4n) is 2.08. The van der Waals surface area contributed by atoms with Gasteiger partial charge in [0, 0.05) is 6.54 Å². The second-order valence-corrected chi connectivity index (χ2v) is 4.36. The summed E-state index contributed by atoms with van der Waals surface area (Å²) in [5.74, 6) is -0.688. The lowest BCUT2D eigenvalue weighted by Crippen LogP contribution is -2.49. The van der Waals surface area contributed by atoms with Crippen LogP contribution in [0.2, 0.25) is 0 Å². The van der Waals surface area contributed by atoms with Crippen LogP contribution in [0.1, 0.15) is 12.8 Å². The topological polar surface area (TPSA) is 94.2 Å². The monoisotopic (exact) mass is 301 g/mol. The molecule has 1 aliphatic rings. The SMILES string of the molecule is Cl.N=C(N)N1CCCC1C(=O)NNc1ccc(F)cc1. The molecule has 110 valence electrons. The van der Waals surface area contributed by atoms with Crippen molar-refractivity contribution in [1.29, 1.82) is 5.41 Å². The Hall–Kier alpha value is -2.02. The number of hydrazine groups is 1. The van der Waals surface area contributed by atoms with Crippen molar-refractivity contribution >= 4 is 30.0 Å². The van der Waals surface area contributed by atoms with E-state index in [1.54, 1.807) is 4.90 Å². The molecule has 1 atom stereocenters. The molecule has 6 nitrogen and oxygen atoms in total. The highest BCUT2D eigenvalue weighted by molar-refractivity contribution is 5.88. The molecule has 1 aromatic carbocycles. The number of nitrogens with two attached hydrogens (primary N) is 1. The first kappa shape index (κ1) is 16.0. The van der Waals surface area contributed by atoms with Crippen LogP contribution in [0.4, 0.5) is 10.1 Å². The number of rotatable bonds is 3. The molecule has 20 heavy (non-hydrogen) atoms. The molecule has 1 aliphatic heterocycles. The van der Waals surface area contributed by atoms with Crippen molar-refractivity contribution in [3.63, 3.8) is 0 Å². The molecular formula is C12H17ClFN5O. The van der Waals surface area contributed by atoms with Gasteiger partial charge in [0.2, 0.25) is 0 Å². The lowest BCUT2D eigenvalue weighted by molar-refractivity contribution is -0.123. The third-order valence-corrected chi connectivity index (χ3v) is 3.04. The molecule has 1 saturated heterocycles. The second-order valence-electron chi connectivity index (χ2n) is 4.36. The van der Waals surface area contributed by atoms with Crippen LogP contribution in [0, 0.1) is 11.2 Å². The Balaban J connectivity index is 0.00000200. The molecule has 0 aromatic heterocycles. The van der Waals surface area contributed by atoms with Gasteiger partial charge in [-0.25, -0.2) is 4.39 Å². The maximum Gasteiger partial charge on any atom is 0.261 e. The average Bonchev–Trinajstić information content (AvgIpc) is 2.87. The molecule has 1 fully saturated rings. The van der Waals surface area contributed by atoms with Gasteiger partial charge in [-0.1, -0.05) is 0 Å². The number of hydrogen-bond acceptors (Lipinski definition) is 3. The van der Waals surface area contributed by atoms with Crippen molar-refractivity contribution < 1.29 is 9.18 Å². The van der Waals surface area contributed by atoms with E-state index in [2.05, 4.69) is 10.9 Å². The molecule has 1 heterocycles. The van der Waals surface area contributed by atoms with Crippen LogP contribution in [0.5, 0.6) is 0 Å². The minimum Gasteiger partial charge on any atom is -0.370 e. The van der Waals surface area contributed by atoms with E-state index in [0.717, 1.165) is 6.42 Å². The van der Waals surface area contributed by atoms with Crippen molar-refractivity contribution in [2.24, 2.45) is 5.73 Å². The quantitative estimate of drug-likeness (QED) is 0.381. The molecule has 0 saturated carbocycles. The van der Waals surface area contributed by atoms with Crippen LogP contribution in [-0.2, 0) is 4.79 Å². The van der Waals surface area contributed by atoms with Crippen molar-refractivity contribution in [1.82, 2.24) is 10.3 Å². The number of benzene rings is 1. The highest BCUT2D eigenvalue weighted by atomic mass is 35.5. The van der Waals surface area contributed by atoms with Gasteiger partial charge in [-0.2, -0.15) is 0 Å². The van der Waals surface area contributed by atoms with E-state index >= 15 is 0 Å². The number of nitrogens with one attached hydrogen (secondary N) is 3. The molecule has 5 N–H and O–H groups in total. The molecule has 0 aliphatic carbocycles. The van der Waals surface area contributed by atoms with Crippen LogP contribution in [-0.4, -0.2) is 29.4 Å². The number of anilines is 1. The van der Waals surface area contributed by atoms with Gasteiger partial charge in [0.1, 0.15) is 11.9 Å². The zero-order valence-corrected chi connectivity index (χ0v) is 11.5. The summed E-state index contributed by atoms with van der Waals surface area (Å²) in [5, 5.41) is 7.40. The number of likely N-dealkylation sites (tertiary alicyclic amines) is 1. The minimum absolute atomic E-state index is 0. The largest absolute Gasteiger partial charge is 0.370 e. The van der Waals surface area contributed by atoms with Crippen molar-refractivity contribution in [3.05, 3.63) is 30.1 Å². The lowest BCUT2D eigenvalue weighted by Gasteiger charge is -2.23. The molecular weight excluding hydrogens is 285 g/mol. The number of carbonyl (C=O) groups excluding carboxylic acids is 1. The van der Waals surface area contributed by atoms with Gasteiger partial charge >= 0.3 is 0 Å². The Bertz CT molecular complexity index is 481. The van der Waals surface area contributed by atoms with Crippen LogP contribution < -0.4 is 16.6 Å². The van der Waals surface area contributed by atoms with E-state index in [1.165, 1.54) is 24.3 Å². The third kappa shape index (κ3) is 3.74. The molecule has 1 unspecified atom stereocenters. The van der Waals surface area contributed by atoms with Crippen molar-refractivity contribution in [3.8, 4) is 0 Å². The van der Waals surface area contributed by atoms with Crippen LogP contribution in [0.25, 0.3) is 0 Å². The number of halogens is 2. The highest BCUT2D eigenvalue weighted by Gasteiger charge is 2.31. The first-order chi connectivity index (χ1) is 9.08. The molecule has 1 aromatic rings. The van der Waals surface area contributed by atoms with E-state index in [-0.39, 0.29) is 30.1 Å². The summed E-state index contributed by atoms with van der Waals surface area (Å²) in [6.45, 7) is 0.615. The maximum atomic E-state index is 12.7. The zero-order chi connectivity index (χ0) is 13.8. The summed E-state index contributed by atoms with van der Waals surface area (Å²) >= 11 is 0. The van der Waals surface area contributed by atoms with Gasteiger partial charge in [0.25, 0.3) is 5.91 Å². The third-order valence-electron chi connectivity index (χ3n) is 3.04. The summed E-state index contributed by atoms with van der Waals surface area (Å²) in [4.78, 5) is 13.5. The van der Waals surface area contributed by atoms with Crippen LogP contribution >= 0.6 is 12.4 Å². The summed E-state index contributed by atoms with van der Waals surface area (Å²) < 4.78 is 12.7. The minimum atomic E-state index is -0.426. The fourth-order valence-corrected chi connectivity index (χ4v) is 2.08. The first-order valence-electron chi connectivity index (χ1n) is 6.00. The second kappa shape index (κ2) is 6.95. The molecule has 0 radical (unpaired) electrons. The van der Waals surface area contributed by atoms with E-state index in [9.17, 15) is 9.18 Å². The number of carbonyl (C=O) groups is 1. The van der Waals surface area contributed by atoms with Gasteiger partial charge in [0.05, 0.1) is 5.69 Å². The summed E-state index contributed by atoms with van der Waals surface area (Å²) in [5.41, 5.74) is 11.2. The normalized spacial score (nSPS) is 17.2. The van der Waals surface area contributed by atoms with Gasteiger partial charge in [-0.05, 0) is 37.1 Å². The molecule has 0 spiro atoms. The smallest absolute Gasteiger partial charge is 0.261 e. The van der Waals surface area contributed by atoms with Crippen LogP contribution in [0.3, 0.4) is 0 Å². The predicted molar refractivity (Wildman–Crippen MR) is 77.1 cm³/mol. The Morgan fingerprint density at radius 3 is 2.65 bits per heavy atom. The van der Waals surface area contributed by atoms with Crippen molar-refractivity contribution in [2.75, 3.05) is 12.0 Å². The Kier molecular flexibility index (Phi) is 5.57. The lowest BCUT2D eigenvalue weighted by atomic mass is 10.2. The fraction of sp³-hybridized carbons (Fsp3) is 0.333. The zero-order valence-electron chi connectivity index (χ0n) is 10.7. The Labute approximate surface area is 122 Å². The maximum absolute atomic E-state index is 12.7. The number of nitrogens with zero attached hydrogens (tertiary/aromatic N) is 1.